The molecule has 4 heteroatoms. The first kappa shape index (κ1) is 13.9. The Balaban J connectivity index is 2.12. The van der Waals surface area contributed by atoms with Crippen molar-refractivity contribution in [1.82, 2.24) is 4.98 Å². The normalized spacial score (nSPS) is 10.8. The van der Waals surface area contributed by atoms with E-state index >= 15 is 0 Å². The number of aromatic nitrogens is 1. The third-order valence-electron chi connectivity index (χ3n) is 3.38. The van der Waals surface area contributed by atoms with Gasteiger partial charge in [-0.15, -0.1) is 0 Å². The molecule has 2 N–H and O–H groups in total. The number of para-hydroxylation sites is 1. The average molecular weight is 343 g/mol. The van der Waals surface area contributed by atoms with Gasteiger partial charge in [-0.2, -0.15) is 0 Å². The molecular weight excluding hydrogens is 328 g/mol. The van der Waals surface area contributed by atoms with Gasteiger partial charge < -0.3 is 10.5 Å². The molecular formula is C17H15BrN2O. The number of halogens is 1. The number of hydrogen-bond donors (Lipinski definition) is 1. The van der Waals surface area contributed by atoms with Gasteiger partial charge in [-0.25, -0.2) is 0 Å². The number of benzene rings is 2. The highest BCUT2D eigenvalue weighted by molar-refractivity contribution is 9.10. The molecule has 3 aromatic rings. The van der Waals surface area contributed by atoms with Crippen molar-refractivity contribution in [3.05, 3.63) is 58.2 Å². The molecule has 106 valence electrons. The molecule has 3 nitrogen and oxygen atoms in total. The Bertz CT molecular complexity index is 807. The van der Waals surface area contributed by atoms with E-state index < -0.39 is 0 Å². The molecule has 3 rings (SSSR count). The van der Waals surface area contributed by atoms with Crippen molar-refractivity contribution in [2.24, 2.45) is 0 Å². The summed E-state index contributed by atoms with van der Waals surface area (Å²) < 4.78 is 7.15. The van der Waals surface area contributed by atoms with Crippen LogP contribution in [0.5, 0.6) is 11.5 Å². The van der Waals surface area contributed by atoms with Crippen LogP contribution < -0.4 is 10.5 Å². The molecule has 0 amide bonds. The first-order valence-corrected chi connectivity index (χ1v) is 7.43. The van der Waals surface area contributed by atoms with Crippen molar-refractivity contribution < 1.29 is 4.74 Å². The fraction of sp³-hybridized carbons (Fsp3) is 0.118. The lowest BCUT2D eigenvalue weighted by molar-refractivity contribution is 0.489. The van der Waals surface area contributed by atoms with Crippen molar-refractivity contribution >= 4 is 32.5 Å². The Morgan fingerprint density at radius 2 is 1.76 bits per heavy atom. The quantitative estimate of drug-likeness (QED) is 0.713. The van der Waals surface area contributed by atoms with Crippen LogP contribution in [0.1, 0.15) is 11.1 Å². The molecule has 0 saturated heterocycles. The van der Waals surface area contributed by atoms with Gasteiger partial charge in [0.2, 0.25) is 0 Å². The minimum atomic E-state index is 0.534. The van der Waals surface area contributed by atoms with E-state index in [1.807, 2.05) is 50.2 Å². The van der Waals surface area contributed by atoms with E-state index in [0.717, 1.165) is 32.3 Å². The van der Waals surface area contributed by atoms with Crippen LogP contribution in [0.4, 0.5) is 5.69 Å². The van der Waals surface area contributed by atoms with Crippen molar-refractivity contribution in [3.8, 4) is 11.5 Å². The third-order valence-corrected chi connectivity index (χ3v) is 4.63. The van der Waals surface area contributed by atoms with Crippen LogP contribution in [-0.4, -0.2) is 4.98 Å². The fourth-order valence-electron chi connectivity index (χ4n) is 2.33. The number of aryl methyl sites for hydroxylation is 2. The van der Waals surface area contributed by atoms with Crippen molar-refractivity contribution in [2.75, 3.05) is 5.73 Å². The van der Waals surface area contributed by atoms with Gasteiger partial charge in [0.1, 0.15) is 5.75 Å². The van der Waals surface area contributed by atoms with Crippen molar-refractivity contribution in [2.45, 2.75) is 13.8 Å². The molecule has 0 aliphatic heterocycles. The summed E-state index contributed by atoms with van der Waals surface area (Å²) in [5.41, 5.74) is 9.70. The van der Waals surface area contributed by atoms with E-state index in [0.29, 0.717) is 11.4 Å². The number of nitrogens with two attached hydrogens (primary N) is 1. The van der Waals surface area contributed by atoms with E-state index in [1.54, 1.807) is 6.20 Å². The number of rotatable bonds is 2. The Hall–Kier alpha value is -2.07. The number of nitrogen functional groups attached to an aromatic ring is 1. The van der Waals surface area contributed by atoms with E-state index in [4.69, 9.17) is 10.5 Å². The smallest absolute Gasteiger partial charge is 0.161 e. The molecule has 1 aromatic heterocycles. The number of ether oxygens (including phenoxy) is 1. The number of anilines is 1. The summed E-state index contributed by atoms with van der Waals surface area (Å²) in [6, 6.07) is 11.8. The Labute approximate surface area is 131 Å². The lowest BCUT2D eigenvalue weighted by atomic mass is 10.1. The second-order valence-electron chi connectivity index (χ2n) is 5.03. The average Bonchev–Trinajstić information content (AvgIpc) is 2.47. The van der Waals surface area contributed by atoms with Gasteiger partial charge in [0.05, 0.1) is 17.4 Å². The molecule has 0 atom stereocenters. The van der Waals surface area contributed by atoms with Gasteiger partial charge in [-0.1, -0.05) is 28.1 Å². The topological polar surface area (TPSA) is 48.1 Å². The maximum atomic E-state index is 6.05. The second-order valence-corrected chi connectivity index (χ2v) is 5.83. The Kier molecular flexibility index (Phi) is 3.55. The highest BCUT2D eigenvalue weighted by atomic mass is 79.9. The Morgan fingerprint density at radius 3 is 2.48 bits per heavy atom. The first-order chi connectivity index (χ1) is 10.1. The van der Waals surface area contributed by atoms with Gasteiger partial charge in [0, 0.05) is 9.86 Å². The van der Waals surface area contributed by atoms with E-state index in [1.165, 1.54) is 0 Å². The third kappa shape index (κ3) is 2.59. The van der Waals surface area contributed by atoms with Gasteiger partial charge in [-0.05, 0) is 49.2 Å². The van der Waals surface area contributed by atoms with Gasteiger partial charge in [-0.3, -0.25) is 4.98 Å². The first-order valence-electron chi connectivity index (χ1n) is 6.64. The summed E-state index contributed by atoms with van der Waals surface area (Å²) in [7, 11) is 0. The maximum absolute atomic E-state index is 6.05. The van der Waals surface area contributed by atoms with Crippen LogP contribution in [-0.2, 0) is 0 Å². The number of pyridine rings is 1. The summed E-state index contributed by atoms with van der Waals surface area (Å²) in [6.45, 7) is 4.08. The molecule has 0 bridgehead atoms. The molecule has 0 aliphatic rings. The molecule has 0 unspecified atom stereocenters. The van der Waals surface area contributed by atoms with Crippen LogP contribution in [0.25, 0.3) is 10.9 Å². The second kappa shape index (κ2) is 5.37. The van der Waals surface area contributed by atoms with E-state index in [-0.39, 0.29) is 0 Å². The largest absolute Gasteiger partial charge is 0.454 e. The Morgan fingerprint density at radius 1 is 1.10 bits per heavy atom. The molecule has 21 heavy (non-hydrogen) atoms. The van der Waals surface area contributed by atoms with Gasteiger partial charge in [0.25, 0.3) is 0 Å². The van der Waals surface area contributed by atoms with Crippen molar-refractivity contribution in [3.63, 3.8) is 0 Å². The maximum Gasteiger partial charge on any atom is 0.161 e. The van der Waals surface area contributed by atoms with Crippen molar-refractivity contribution in [1.29, 1.82) is 0 Å². The molecule has 0 aliphatic carbocycles. The van der Waals surface area contributed by atoms with Crippen LogP contribution in [0, 0.1) is 13.8 Å². The summed E-state index contributed by atoms with van der Waals surface area (Å²) in [5.74, 6) is 1.43. The standard InChI is InChI=1S/C17H15BrN2O/c1-10-7-12(8-11(2)16(10)18)21-17-13-5-3-4-6-15(13)20-9-14(17)19/h3-9H,19H2,1-2H3. The monoisotopic (exact) mass is 342 g/mol. The summed E-state index contributed by atoms with van der Waals surface area (Å²) in [5, 5.41) is 0.913. The molecule has 2 aromatic carbocycles. The summed E-state index contributed by atoms with van der Waals surface area (Å²) in [6.07, 6.45) is 1.64. The van der Waals surface area contributed by atoms with Gasteiger partial charge >= 0.3 is 0 Å². The molecule has 0 saturated carbocycles. The fourth-order valence-corrected chi connectivity index (χ4v) is 2.56. The predicted molar refractivity (Wildman–Crippen MR) is 89.8 cm³/mol. The summed E-state index contributed by atoms with van der Waals surface area (Å²) in [4.78, 5) is 4.32. The zero-order valence-electron chi connectivity index (χ0n) is 11.9. The summed E-state index contributed by atoms with van der Waals surface area (Å²) >= 11 is 3.56. The van der Waals surface area contributed by atoms with E-state index in [9.17, 15) is 0 Å². The van der Waals surface area contributed by atoms with Gasteiger partial charge in [0.15, 0.2) is 5.75 Å². The molecule has 1 heterocycles. The zero-order valence-corrected chi connectivity index (χ0v) is 13.4. The van der Waals surface area contributed by atoms with E-state index in [2.05, 4.69) is 20.9 Å². The minimum Gasteiger partial charge on any atom is -0.454 e. The van der Waals surface area contributed by atoms with Crippen LogP contribution in [0.2, 0.25) is 0 Å². The minimum absolute atomic E-state index is 0.534. The molecule has 0 radical (unpaired) electrons. The SMILES string of the molecule is Cc1cc(Oc2c(N)cnc3ccccc23)cc(C)c1Br. The highest BCUT2D eigenvalue weighted by Crippen LogP contribution is 2.36. The highest BCUT2D eigenvalue weighted by Gasteiger charge is 2.10. The van der Waals surface area contributed by atoms with Crippen LogP contribution in [0.15, 0.2) is 47.1 Å². The number of nitrogens with zero attached hydrogens (tertiary/aromatic N) is 1. The zero-order chi connectivity index (χ0) is 15.0. The lowest BCUT2D eigenvalue weighted by Crippen LogP contribution is -1.96. The molecule has 0 fully saturated rings. The number of hydrogen-bond acceptors (Lipinski definition) is 3. The number of fused-ring (bicyclic) bond motifs is 1. The van der Waals surface area contributed by atoms with Crippen LogP contribution in [0.3, 0.4) is 0 Å². The lowest BCUT2D eigenvalue weighted by Gasteiger charge is -2.13. The van der Waals surface area contributed by atoms with Crippen LogP contribution >= 0.6 is 15.9 Å². The molecule has 0 spiro atoms. The predicted octanol–water partition coefficient (Wildman–Crippen LogP) is 4.99.